The van der Waals surface area contributed by atoms with E-state index in [1.807, 2.05) is 19.1 Å². The molecule has 0 saturated heterocycles. The molecule has 0 unspecified atom stereocenters. The van der Waals surface area contributed by atoms with Crippen molar-refractivity contribution >= 4 is 16.5 Å². The maximum absolute atomic E-state index is 9.07. The Bertz CT molecular complexity index is 620. The third-order valence-corrected chi connectivity index (χ3v) is 3.85. The van der Waals surface area contributed by atoms with Gasteiger partial charge in [-0.25, -0.2) is 4.98 Å². The molecule has 0 bridgehead atoms. The fourth-order valence-corrected chi connectivity index (χ4v) is 2.45. The van der Waals surface area contributed by atoms with E-state index in [1.54, 1.807) is 0 Å². The van der Waals surface area contributed by atoms with E-state index in [0.29, 0.717) is 15.7 Å². The first-order valence-electron chi connectivity index (χ1n) is 5.28. The maximum Gasteiger partial charge on any atom is 0.181 e. The number of thiazole rings is 1. The number of aryl methyl sites for hydroxylation is 1. The lowest BCUT2D eigenvalue weighted by molar-refractivity contribution is 1.25. The van der Waals surface area contributed by atoms with Crippen LogP contribution in [0, 0.1) is 32.1 Å². The van der Waals surface area contributed by atoms with Gasteiger partial charge in [0.2, 0.25) is 0 Å². The van der Waals surface area contributed by atoms with Crippen molar-refractivity contribution in [1.82, 2.24) is 4.98 Å². The fraction of sp³-hybridized carbons (Fsp3) is 0.231. The highest BCUT2D eigenvalue weighted by molar-refractivity contribution is 7.16. The van der Waals surface area contributed by atoms with Crippen LogP contribution in [-0.4, -0.2) is 4.98 Å². The molecule has 2 rings (SSSR count). The van der Waals surface area contributed by atoms with Gasteiger partial charge in [-0.3, -0.25) is 0 Å². The summed E-state index contributed by atoms with van der Waals surface area (Å²) in [6, 6.07) is 6.21. The normalized spacial score (nSPS) is 10.2. The fourth-order valence-electron chi connectivity index (χ4n) is 1.81. The van der Waals surface area contributed by atoms with Gasteiger partial charge in [-0.05, 0) is 37.5 Å². The summed E-state index contributed by atoms with van der Waals surface area (Å²) in [6.07, 6.45) is 0. The molecule has 86 valence electrons. The molecule has 0 radical (unpaired) electrons. The second-order valence-electron chi connectivity index (χ2n) is 4.02. The molecular formula is C13H13N3S. The third-order valence-electron chi connectivity index (χ3n) is 3.06. The highest BCUT2D eigenvalue weighted by Gasteiger charge is 2.14. The largest absolute Gasteiger partial charge is 0.375 e. The van der Waals surface area contributed by atoms with Crippen LogP contribution in [0.2, 0.25) is 0 Å². The summed E-state index contributed by atoms with van der Waals surface area (Å²) < 4.78 is 0. The zero-order valence-electron chi connectivity index (χ0n) is 10.0. The minimum absolute atomic E-state index is 0.439. The number of rotatable bonds is 1. The zero-order chi connectivity index (χ0) is 12.6. The van der Waals surface area contributed by atoms with Gasteiger partial charge >= 0.3 is 0 Å². The molecule has 0 fully saturated rings. The number of nitrogen functional groups attached to an aromatic ring is 1. The first-order chi connectivity index (χ1) is 8.04. The summed E-state index contributed by atoms with van der Waals surface area (Å²) in [5.74, 6) is 0. The van der Waals surface area contributed by atoms with Gasteiger partial charge in [0.05, 0.1) is 0 Å². The number of nitrogens with two attached hydrogens (primary N) is 1. The molecule has 0 aliphatic heterocycles. The van der Waals surface area contributed by atoms with Gasteiger partial charge < -0.3 is 5.73 Å². The van der Waals surface area contributed by atoms with Crippen molar-refractivity contribution in [1.29, 1.82) is 5.26 Å². The van der Waals surface area contributed by atoms with Gasteiger partial charge in [-0.1, -0.05) is 23.5 Å². The van der Waals surface area contributed by atoms with Gasteiger partial charge in [0.1, 0.15) is 16.6 Å². The molecule has 2 aromatic rings. The average Bonchev–Trinajstić information content (AvgIpc) is 2.67. The quantitative estimate of drug-likeness (QED) is 0.836. The summed E-state index contributed by atoms with van der Waals surface area (Å²) in [4.78, 5) is 4.83. The average molecular weight is 243 g/mol. The van der Waals surface area contributed by atoms with Gasteiger partial charge in [-0.15, -0.1) is 0 Å². The number of benzene rings is 1. The Morgan fingerprint density at radius 2 is 1.94 bits per heavy atom. The number of anilines is 1. The third kappa shape index (κ3) is 1.90. The Morgan fingerprint density at radius 1 is 1.24 bits per heavy atom. The second kappa shape index (κ2) is 4.19. The summed E-state index contributed by atoms with van der Waals surface area (Å²) >= 11 is 1.23. The smallest absolute Gasteiger partial charge is 0.181 e. The predicted molar refractivity (Wildman–Crippen MR) is 70.9 cm³/mol. The minimum atomic E-state index is 0.439. The monoisotopic (exact) mass is 243 g/mol. The molecule has 0 spiro atoms. The highest BCUT2D eigenvalue weighted by atomic mass is 32.1. The second-order valence-corrected chi connectivity index (χ2v) is 5.05. The number of nitriles is 1. The molecule has 0 saturated carbocycles. The van der Waals surface area contributed by atoms with Crippen LogP contribution in [0.3, 0.4) is 0 Å². The first-order valence-corrected chi connectivity index (χ1v) is 6.09. The van der Waals surface area contributed by atoms with Crippen molar-refractivity contribution in [3.8, 4) is 17.3 Å². The lowest BCUT2D eigenvalue weighted by atomic mass is 9.97. The van der Waals surface area contributed by atoms with Crippen LogP contribution >= 0.6 is 11.3 Å². The van der Waals surface area contributed by atoms with Crippen molar-refractivity contribution < 1.29 is 0 Å². The highest BCUT2D eigenvalue weighted by Crippen LogP contribution is 2.32. The van der Waals surface area contributed by atoms with Crippen LogP contribution < -0.4 is 5.73 Å². The van der Waals surface area contributed by atoms with Crippen molar-refractivity contribution in [2.24, 2.45) is 0 Å². The Balaban J connectivity index is 2.69. The van der Waals surface area contributed by atoms with Crippen molar-refractivity contribution in [2.45, 2.75) is 20.8 Å². The Kier molecular flexibility index (Phi) is 2.86. The van der Waals surface area contributed by atoms with E-state index in [9.17, 15) is 0 Å². The Labute approximate surface area is 105 Å². The molecule has 17 heavy (non-hydrogen) atoms. The van der Waals surface area contributed by atoms with E-state index in [2.05, 4.69) is 24.9 Å². The van der Waals surface area contributed by atoms with Crippen LogP contribution in [0.1, 0.15) is 21.6 Å². The van der Waals surface area contributed by atoms with E-state index in [0.717, 1.165) is 11.1 Å². The van der Waals surface area contributed by atoms with Crippen molar-refractivity contribution in [3.05, 3.63) is 33.7 Å². The molecule has 3 nitrogen and oxygen atoms in total. The maximum atomic E-state index is 9.07. The summed E-state index contributed by atoms with van der Waals surface area (Å²) in [7, 11) is 0. The van der Waals surface area contributed by atoms with Crippen LogP contribution in [0.25, 0.3) is 11.3 Å². The summed E-state index contributed by atoms with van der Waals surface area (Å²) in [6.45, 7) is 6.21. The van der Waals surface area contributed by atoms with E-state index < -0.39 is 0 Å². The van der Waals surface area contributed by atoms with E-state index in [-0.39, 0.29) is 0 Å². The lowest BCUT2D eigenvalue weighted by Gasteiger charge is -2.09. The van der Waals surface area contributed by atoms with Gasteiger partial charge in [0.25, 0.3) is 0 Å². The molecule has 1 heterocycles. The molecule has 0 aliphatic carbocycles. The van der Waals surface area contributed by atoms with E-state index >= 15 is 0 Å². The van der Waals surface area contributed by atoms with Gasteiger partial charge in [0, 0.05) is 5.56 Å². The zero-order valence-corrected chi connectivity index (χ0v) is 10.9. The molecule has 0 atom stereocenters. The summed E-state index contributed by atoms with van der Waals surface area (Å²) in [5.41, 5.74) is 11.0. The van der Waals surface area contributed by atoms with Crippen molar-refractivity contribution in [3.63, 3.8) is 0 Å². The van der Waals surface area contributed by atoms with Crippen LogP contribution in [0.15, 0.2) is 12.1 Å². The molecule has 0 amide bonds. The standard InChI is InChI=1S/C13H13N3S/c1-7-4-5-10(9(3)8(7)2)12-11(6-14)17-13(15)16-12/h4-5H,1-3H3,(H2,15,16). The molecule has 4 heteroatoms. The number of aromatic nitrogens is 1. The Morgan fingerprint density at radius 3 is 2.59 bits per heavy atom. The lowest BCUT2D eigenvalue weighted by Crippen LogP contribution is -1.92. The topological polar surface area (TPSA) is 62.7 Å². The van der Waals surface area contributed by atoms with Crippen LogP contribution in [0.4, 0.5) is 5.13 Å². The van der Waals surface area contributed by atoms with Gasteiger partial charge in [0.15, 0.2) is 5.13 Å². The minimum Gasteiger partial charge on any atom is -0.375 e. The van der Waals surface area contributed by atoms with Gasteiger partial charge in [-0.2, -0.15) is 5.26 Å². The first kappa shape index (κ1) is 11.6. The Hall–Kier alpha value is -1.86. The molecule has 1 aromatic carbocycles. The van der Waals surface area contributed by atoms with E-state index in [1.165, 1.54) is 22.5 Å². The molecule has 2 N–H and O–H groups in total. The van der Waals surface area contributed by atoms with Crippen LogP contribution in [-0.2, 0) is 0 Å². The molecule has 1 aromatic heterocycles. The van der Waals surface area contributed by atoms with E-state index in [4.69, 9.17) is 11.0 Å². The SMILES string of the molecule is Cc1ccc(-c2nc(N)sc2C#N)c(C)c1C. The summed E-state index contributed by atoms with van der Waals surface area (Å²) in [5, 5.41) is 9.51. The molecule has 0 aliphatic rings. The molecular weight excluding hydrogens is 230 g/mol. The number of hydrogen-bond acceptors (Lipinski definition) is 4. The van der Waals surface area contributed by atoms with Crippen LogP contribution in [0.5, 0.6) is 0 Å². The predicted octanol–water partition coefficient (Wildman–Crippen LogP) is 3.19. The number of nitrogens with zero attached hydrogens (tertiary/aromatic N) is 2. The van der Waals surface area contributed by atoms with Crippen molar-refractivity contribution in [2.75, 3.05) is 5.73 Å². The number of hydrogen-bond donors (Lipinski definition) is 1.